The molecular weight excluding hydrogens is 129 g/mol. The number of hydrogen-bond donors (Lipinski definition) is 1. The number of hydrogen-bond acceptors (Lipinski definition) is 1. The maximum atomic E-state index is 11.6. The lowest BCUT2D eigenvalue weighted by Crippen LogP contribution is -2.27. The van der Waals surface area contributed by atoms with Crippen LogP contribution in [0.2, 0.25) is 0 Å². The highest BCUT2D eigenvalue weighted by Gasteiger charge is 2.12. The molecule has 1 nitrogen and oxygen atoms in total. The molecule has 10 heavy (non-hydrogen) atoms. The molecule has 0 heterocycles. The molecule has 2 heteroatoms. The van der Waals surface area contributed by atoms with Crippen molar-refractivity contribution < 1.29 is 4.39 Å². The van der Waals surface area contributed by atoms with Crippen LogP contribution in [0.1, 0.15) is 32.1 Å². The summed E-state index contributed by atoms with van der Waals surface area (Å²) in [5.74, 6) is 0. The fourth-order valence-electron chi connectivity index (χ4n) is 1.50. The van der Waals surface area contributed by atoms with Crippen LogP contribution in [0.5, 0.6) is 0 Å². The molecule has 1 aliphatic rings. The van der Waals surface area contributed by atoms with Crippen molar-refractivity contribution in [3.8, 4) is 0 Å². The molecule has 0 atom stereocenters. The molecule has 60 valence electrons. The molecule has 1 N–H and O–H groups in total. The van der Waals surface area contributed by atoms with Gasteiger partial charge in [-0.3, -0.25) is 4.39 Å². The van der Waals surface area contributed by atoms with Gasteiger partial charge in [0.05, 0.1) is 6.67 Å². The van der Waals surface area contributed by atoms with Crippen molar-refractivity contribution in [2.45, 2.75) is 38.1 Å². The van der Waals surface area contributed by atoms with Crippen LogP contribution in [-0.4, -0.2) is 19.3 Å². The van der Waals surface area contributed by atoms with Crippen molar-refractivity contribution in [2.75, 3.05) is 13.2 Å². The number of halogens is 1. The topological polar surface area (TPSA) is 12.0 Å². The first-order valence-corrected chi connectivity index (χ1v) is 4.23. The van der Waals surface area contributed by atoms with Gasteiger partial charge < -0.3 is 5.32 Å². The minimum atomic E-state index is -0.181. The fourth-order valence-corrected chi connectivity index (χ4v) is 1.50. The Morgan fingerprint density at radius 2 is 2.00 bits per heavy atom. The Kier molecular flexibility index (Phi) is 3.73. The van der Waals surface area contributed by atoms with Gasteiger partial charge in [-0.2, -0.15) is 0 Å². The number of nitrogens with one attached hydrogen (secondary N) is 1. The predicted molar refractivity (Wildman–Crippen MR) is 40.9 cm³/mol. The molecule has 0 saturated heterocycles. The summed E-state index contributed by atoms with van der Waals surface area (Å²) in [4.78, 5) is 0. The summed E-state index contributed by atoms with van der Waals surface area (Å²) < 4.78 is 11.6. The molecule has 0 bridgehead atoms. The quantitative estimate of drug-likeness (QED) is 0.595. The minimum Gasteiger partial charge on any atom is -0.314 e. The summed E-state index contributed by atoms with van der Waals surface area (Å²) in [6.45, 7) is 0.681. The Bertz CT molecular complexity index is 79.3. The summed E-state index contributed by atoms with van der Waals surface area (Å²) in [5.41, 5.74) is 0. The average molecular weight is 145 g/mol. The largest absolute Gasteiger partial charge is 0.314 e. The van der Waals surface area contributed by atoms with Crippen LogP contribution in [0.25, 0.3) is 0 Å². The summed E-state index contributed by atoms with van der Waals surface area (Å²) in [7, 11) is 0. The lowest BCUT2D eigenvalue weighted by Gasteiger charge is -2.09. The molecule has 0 aromatic carbocycles. The van der Waals surface area contributed by atoms with E-state index in [0.29, 0.717) is 12.5 Å². The third-order valence-corrected chi connectivity index (χ3v) is 2.10. The minimum absolute atomic E-state index is 0.181. The zero-order chi connectivity index (χ0) is 7.23. The second-order valence-corrected chi connectivity index (χ2v) is 2.98. The Morgan fingerprint density at radius 1 is 1.30 bits per heavy atom. The van der Waals surface area contributed by atoms with E-state index in [1.54, 1.807) is 0 Å². The standard InChI is InChI=1S/C8H16FN/c9-6-3-7-10-8-4-1-2-5-8/h8,10H,1-7H2. The first-order valence-electron chi connectivity index (χ1n) is 4.23. The van der Waals surface area contributed by atoms with Crippen LogP contribution >= 0.6 is 0 Å². The highest BCUT2D eigenvalue weighted by atomic mass is 19.1. The molecule has 1 fully saturated rings. The lowest BCUT2D eigenvalue weighted by molar-refractivity contribution is 0.437. The zero-order valence-electron chi connectivity index (χ0n) is 6.41. The molecule has 0 aromatic heterocycles. The van der Waals surface area contributed by atoms with Gasteiger partial charge in [0.1, 0.15) is 0 Å². The van der Waals surface area contributed by atoms with Gasteiger partial charge in [-0.25, -0.2) is 0 Å². The van der Waals surface area contributed by atoms with Gasteiger partial charge in [0.15, 0.2) is 0 Å². The molecule has 1 aliphatic carbocycles. The van der Waals surface area contributed by atoms with Crippen LogP contribution in [0.4, 0.5) is 4.39 Å². The molecule has 0 spiro atoms. The molecule has 0 unspecified atom stereocenters. The number of alkyl halides is 1. The van der Waals surface area contributed by atoms with E-state index in [0.717, 1.165) is 6.54 Å². The fraction of sp³-hybridized carbons (Fsp3) is 1.00. The third-order valence-electron chi connectivity index (χ3n) is 2.10. The first-order chi connectivity index (χ1) is 4.93. The maximum absolute atomic E-state index is 11.6. The monoisotopic (exact) mass is 145 g/mol. The van der Waals surface area contributed by atoms with Gasteiger partial charge in [-0.15, -0.1) is 0 Å². The second-order valence-electron chi connectivity index (χ2n) is 2.98. The van der Waals surface area contributed by atoms with Gasteiger partial charge >= 0.3 is 0 Å². The van der Waals surface area contributed by atoms with E-state index in [1.165, 1.54) is 25.7 Å². The van der Waals surface area contributed by atoms with Crippen molar-refractivity contribution in [3.63, 3.8) is 0 Å². The van der Waals surface area contributed by atoms with Crippen LogP contribution in [0.15, 0.2) is 0 Å². The van der Waals surface area contributed by atoms with Gasteiger partial charge in [0.25, 0.3) is 0 Å². The van der Waals surface area contributed by atoms with E-state index in [4.69, 9.17) is 0 Å². The Morgan fingerprint density at radius 3 is 2.60 bits per heavy atom. The molecule has 0 aromatic rings. The Labute approximate surface area is 62.0 Å². The zero-order valence-corrected chi connectivity index (χ0v) is 6.41. The van der Waals surface area contributed by atoms with E-state index < -0.39 is 0 Å². The normalized spacial score (nSPS) is 20.1. The van der Waals surface area contributed by atoms with Gasteiger partial charge in [0.2, 0.25) is 0 Å². The predicted octanol–water partition coefficient (Wildman–Crippen LogP) is 1.88. The van der Waals surface area contributed by atoms with Gasteiger partial charge in [0, 0.05) is 6.04 Å². The smallest absolute Gasteiger partial charge is 0.0906 e. The second kappa shape index (κ2) is 4.67. The van der Waals surface area contributed by atoms with Crippen molar-refractivity contribution in [2.24, 2.45) is 0 Å². The number of rotatable bonds is 4. The molecule has 0 amide bonds. The summed E-state index contributed by atoms with van der Waals surface area (Å²) in [6, 6.07) is 0.701. The molecule has 0 radical (unpaired) electrons. The molecule has 0 aliphatic heterocycles. The highest BCUT2D eigenvalue weighted by molar-refractivity contribution is 4.72. The Balaban J connectivity index is 1.91. The Hall–Kier alpha value is -0.110. The molecule has 1 saturated carbocycles. The van der Waals surface area contributed by atoms with Crippen molar-refractivity contribution in [1.82, 2.24) is 5.32 Å². The molecule has 1 rings (SSSR count). The van der Waals surface area contributed by atoms with Crippen molar-refractivity contribution >= 4 is 0 Å². The average Bonchev–Trinajstić information content (AvgIpc) is 2.41. The van der Waals surface area contributed by atoms with E-state index in [-0.39, 0.29) is 6.67 Å². The van der Waals surface area contributed by atoms with E-state index in [2.05, 4.69) is 5.32 Å². The van der Waals surface area contributed by atoms with E-state index >= 15 is 0 Å². The summed E-state index contributed by atoms with van der Waals surface area (Å²) >= 11 is 0. The SMILES string of the molecule is FCCCNC1CCCC1. The lowest BCUT2D eigenvalue weighted by atomic mass is 10.2. The van der Waals surface area contributed by atoms with Crippen LogP contribution in [-0.2, 0) is 0 Å². The van der Waals surface area contributed by atoms with Gasteiger partial charge in [-0.05, 0) is 25.8 Å². The van der Waals surface area contributed by atoms with Crippen molar-refractivity contribution in [3.05, 3.63) is 0 Å². The third kappa shape index (κ3) is 2.65. The first kappa shape index (κ1) is 7.99. The van der Waals surface area contributed by atoms with E-state index in [1.807, 2.05) is 0 Å². The van der Waals surface area contributed by atoms with E-state index in [9.17, 15) is 4.39 Å². The van der Waals surface area contributed by atoms with Crippen LogP contribution in [0.3, 0.4) is 0 Å². The van der Waals surface area contributed by atoms with Crippen molar-refractivity contribution in [1.29, 1.82) is 0 Å². The highest BCUT2D eigenvalue weighted by Crippen LogP contribution is 2.17. The molecular formula is C8H16FN. The van der Waals surface area contributed by atoms with Gasteiger partial charge in [-0.1, -0.05) is 12.8 Å². The summed E-state index contributed by atoms with van der Waals surface area (Å²) in [5, 5.41) is 3.34. The van der Waals surface area contributed by atoms with Crippen LogP contribution in [0, 0.1) is 0 Å². The maximum Gasteiger partial charge on any atom is 0.0906 e. The summed E-state index contributed by atoms with van der Waals surface area (Å²) in [6.07, 6.45) is 5.98. The van der Waals surface area contributed by atoms with Crippen LogP contribution < -0.4 is 5.32 Å².